The molecule has 0 aromatic heterocycles. The van der Waals surface area contributed by atoms with Crippen molar-refractivity contribution in [2.24, 2.45) is 0 Å². The van der Waals surface area contributed by atoms with Crippen LogP contribution in [0, 0.1) is 0 Å². The topological polar surface area (TPSA) is 36.9 Å². The second-order valence-electron chi connectivity index (χ2n) is 4.63. The van der Waals surface area contributed by atoms with E-state index < -0.39 is 0 Å². The van der Waals surface area contributed by atoms with Crippen LogP contribution in [0.3, 0.4) is 0 Å². The van der Waals surface area contributed by atoms with Crippen molar-refractivity contribution in [2.75, 3.05) is 27.6 Å². The molecule has 0 radical (unpaired) electrons. The first kappa shape index (κ1) is 20.8. The van der Waals surface area contributed by atoms with Gasteiger partial charge in [-0.05, 0) is 29.8 Å². The van der Waals surface area contributed by atoms with Gasteiger partial charge in [0, 0.05) is 24.0 Å². The molecule has 2 rings (SSSR count). The van der Waals surface area contributed by atoms with Crippen LogP contribution in [0.5, 0.6) is 23.0 Å². The van der Waals surface area contributed by atoms with Gasteiger partial charge < -0.3 is 18.4 Å². The molecule has 0 atom stereocenters. The third-order valence-corrected chi connectivity index (χ3v) is 3.57. The molecule has 0 heterocycles. The highest BCUT2D eigenvalue weighted by Gasteiger charge is 2.04. The van der Waals surface area contributed by atoms with E-state index in [2.05, 4.69) is 0 Å². The number of methoxy groups -OCH3 is 3. The van der Waals surface area contributed by atoms with Crippen LogP contribution in [-0.2, 0) is 0 Å². The standard InChI is InChI=1S/C18H20O4S.C2H6/c1-19-15-8-7-14(18(12-15)22-23-4)6-5-13-9-16(20-2)11-17(10-13)21-3;1-2/h5-12H,1-4H3;1-2H3/b6-5+;. The summed E-state index contributed by atoms with van der Waals surface area (Å²) in [7, 11) is 4.91. The Morgan fingerprint density at radius 2 is 1.36 bits per heavy atom. The van der Waals surface area contributed by atoms with E-state index in [0.717, 1.165) is 34.1 Å². The van der Waals surface area contributed by atoms with Gasteiger partial charge >= 0.3 is 0 Å². The van der Waals surface area contributed by atoms with Gasteiger partial charge in [-0.15, -0.1) is 0 Å². The van der Waals surface area contributed by atoms with E-state index in [1.54, 1.807) is 21.3 Å². The molecule has 4 nitrogen and oxygen atoms in total. The Labute approximate surface area is 155 Å². The zero-order chi connectivity index (χ0) is 18.7. The molecule has 0 saturated carbocycles. The van der Waals surface area contributed by atoms with Gasteiger partial charge in [0.05, 0.1) is 33.4 Å². The minimum absolute atomic E-state index is 0.749. The monoisotopic (exact) mass is 362 g/mol. The molecular formula is C20H26O4S. The molecule has 0 fully saturated rings. The molecule has 0 bridgehead atoms. The lowest BCUT2D eigenvalue weighted by Crippen LogP contribution is -1.89. The van der Waals surface area contributed by atoms with Crippen LogP contribution < -0.4 is 18.4 Å². The van der Waals surface area contributed by atoms with Crippen LogP contribution in [0.15, 0.2) is 36.4 Å². The molecule has 0 saturated heterocycles. The van der Waals surface area contributed by atoms with Gasteiger partial charge in [0.2, 0.25) is 0 Å². The molecule has 0 aliphatic rings. The van der Waals surface area contributed by atoms with Crippen molar-refractivity contribution in [1.29, 1.82) is 0 Å². The zero-order valence-corrected chi connectivity index (χ0v) is 16.5. The maximum absolute atomic E-state index is 5.59. The minimum atomic E-state index is 0.749. The molecule has 0 aliphatic heterocycles. The van der Waals surface area contributed by atoms with E-state index >= 15 is 0 Å². The van der Waals surface area contributed by atoms with E-state index in [0.29, 0.717) is 0 Å². The fourth-order valence-corrected chi connectivity index (χ4v) is 2.38. The third kappa shape index (κ3) is 6.27. The van der Waals surface area contributed by atoms with Crippen LogP contribution in [0.1, 0.15) is 25.0 Å². The Balaban J connectivity index is 0.00000151. The van der Waals surface area contributed by atoms with Gasteiger partial charge in [0.1, 0.15) is 23.0 Å². The number of hydrogen-bond donors (Lipinski definition) is 0. The van der Waals surface area contributed by atoms with E-state index in [1.165, 1.54) is 12.0 Å². The van der Waals surface area contributed by atoms with Crippen molar-refractivity contribution in [3.63, 3.8) is 0 Å². The molecule has 0 aliphatic carbocycles. The van der Waals surface area contributed by atoms with Gasteiger partial charge in [0.15, 0.2) is 0 Å². The summed E-state index contributed by atoms with van der Waals surface area (Å²) in [6.45, 7) is 4.00. The largest absolute Gasteiger partial charge is 0.497 e. The van der Waals surface area contributed by atoms with Crippen LogP contribution in [0.2, 0.25) is 0 Å². The summed E-state index contributed by atoms with van der Waals surface area (Å²) in [4.78, 5) is 0. The van der Waals surface area contributed by atoms with Crippen LogP contribution in [0.25, 0.3) is 12.2 Å². The number of benzene rings is 2. The van der Waals surface area contributed by atoms with Crippen LogP contribution in [0.4, 0.5) is 0 Å². The average molecular weight is 362 g/mol. The average Bonchev–Trinajstić information content (AvgIpc) is 2.68. The van der Waals surface area contributed by atoms with Crippen molar-refractivity contribution in [3.05, 3.63) is 47.5 Å². The van der Waals surface area contributed by atoms with Crippen LogP contribution in [-0.4, -0.2) is 27.6 Å². The highest BCUT2D eigenvalue weighted by atomic mass is 32.2. The quantitative estimate of drug-likeness (QED) is 0.476. The van der Waals surface area contributed by atoms with Crippen molar-refractivity contribution >= 4 is 24.2 Å². The van der Waals surface area contributed by atoms with Gasteiger partial charge in [-0.25, -0.2) is 0 Å². The Morgan fingerprint density at radius 3 is 1.88 bits per heavy atom. The summed E-state index contributed by atoms with van der Waals surface area (Å²) < 4.78 is 21.4. The molecule has 136 valence electrons. The highest BCUT2D eigenvalue weighted by Crippen LogP contribution is 2.29. The highest BCUT2D eigenvalue weighted by molar-refractivity contribution is 7.94. The van der Waals surface area contributed by atoms with Crippen LogP contribution >= 0.6 is 12.0 Å². The second kappa shape index (κ2) is 11.3. The summed E-state index contributed by atoms with van der Waals surface area (Å²) >= 11 is 1.29. The fraction of sp³-hybridized carbons (Fsp3) is 0.300. The number of hydrogen-bond acceptors (Lipinski definition) is 5. The van der Waals surface area contributed by atoms with Gasteiger partial charge in [0.25, 0.3) is 0 Å². The molecule has 0 spiro atoms. The van der Waals surface area contributed by atoms with Crippen molar-refractivity contribution in [3.8, 4) is 23.0 Å². The molecular weight excluding hydrogens is 336 g/mol. The Kier molecular flexibility index (Phi) is 9.40. The van der Waals surface area contributed by atoms with Crippen molar-refractivity contribution in [2.45, 2.75) is 13.8 Å². The van der Waals surface area contributed by atoms with E-state index in [4.69, 9.17) is 18.4 Å². The first-order chi connectivity index (χ1) is 12.2. The Bertz CT molecular complexity index is 661. The smallest absolute Gasteiger partial charge is 0.148 e. The summed E-state index contributed by atoms with van der Waals surface area (Å²) in [5, 5.41) is 0. The molecule has 0 N–H and O–H groups in total. The summed E-state index contributed by atoms with van der Waals surface area (Å²) in [6, 6.07) is 11.4. The lowest BCUT2D eigenvalue weighted by Gasteiger charge is -2.08. The van der Waals surface area contributed by atoms with Gasteiger partial charge in [-0.2, -0.15) is 0 Å². The summed E-state index contributed by atoms with van der Waals surface area (Å²) in [5.74, 6) is 3.01. The second-order valence-corrected chi connectivity index (χ2v) is 5.13. The Morgan fingerprint density at radius 1 is 0.760 bits per heavy atom. The van der Waals surface area contributed by atoms with E-state index in [-0.39, 0.29) is 0 Å². The van der Waals surface area contributed by atoms with E-state index in [1.807, 2.05) is 68.7 Å². The minimum Gasteiger partial charge on any atom is -0.497 e. The van der Waals surface area contributed by atoms with E-state index in [9.17, 15) is 0 Å². The molecule has 2 aromatic carbocycles. The maximum Gasteiger partial charge on any atom is 0.148 e. The number of rotatable bonds is 7. The third-order valence-electron chi connectivity index (χ3n) is 3.22. The normalized spacial score (nSPS) is 10.0. The predicted molar refractivity (Wildman–Crippen MR) is 107 cm³/mol. The van der Waals surface area contributed by atoms with Gasteiger partial charge in [-0.1, -0.05) is 26.0 Å². The SMILES string of the molecule is CC.COc1cc(/C=C/c2ccc(OC)cc2OSC)cc(OC)c1. The maximum atomic E-state index is 5.59. The summed E-state index contributed by atoms with van der Waals surface area (Å²) in [6.07, 6.45) is 5.85. The Hall–Kier alpha value is -2.27. The lowest BCUT2D eigenvalue weighted by molar-refractivity contribution is 0.394. The first-order valence-electron chi connectivity index (χ1n) is 8.00. The first-order valence-corrected chi connectivity index (χ1v) is 9.15. The zero-order valence-electron chi connectivity index (χ0n) is 15.7. The molecule has 0 amide bonds. The fourth-order valence-electron chi connectivity index (χ4n) is 2.05. The van der Waals surface area contributed by atoms with Crippen molar-refractivity contribution < 1.29 is 18.4 Å². The number of ether oxygens (including phenoxy) is 3. The van der Waals surface area contributed by atoms with Gasteiger partial charge in [-0.3, -0.25) is 0 Å². The molecule has 5 heteroatoms. The molecule has 2 aromatic rings. The van der Waals surface area contributed by atoms with Crippen molar-refractivity contribution in [1.82, 2.24) is 0 Å². The predicted octanol–water partition coefficient (Wildman–Crippen LogP) is 5.57. The molecule has 0 unspecified atom stereocenters. The lowest BCUT2D eigenvalue weighted by atomic mass is 10.1. The molecule has 25 heavy (non-hydrogen) atoms. The summed E-state index contributed by atoms with van der Waals surface area (Å²) in [5.41, 5.74) is 1.94.